The molecule has 0 unspecified atom stereocenters. The predicted molar refractivity (Wildman–Crippen MR) is 113 cm³/mol. The largest absolute Gasteiger partial charge is 0.299 e. The number of rotatable bonds is 5. The molecule has 2 aromatic carbocycles. The first-order valence-electron chi connectivity index (χ1n) is 10.1. The summed E-state index contributed by atoms with van der Waals surface area (Å²) in [5.74, 6) is -2.78. The Morgan fingerprint density at radius 3 is 2.60 bits per heavy atom. The second-order valence-corrected chi connectivity index (χ2v) is 7.60. The van der Waals surface area contributed by atoms with Crippen LogP contribution in [0.5, 0.6) is 0 Å². The maximum atomic E-state index is 14.4. The maximum Gasteiger partial charge on any atom is 0.164 e. The first-order chi connectivity index (χ1) is 14.5. The molecule has 1 aliphatic heterocycles. The van der Waals surface area contributed by atoms with Crippen molar-refractivity contribution in [2.24, 2.45) is 0 Å². The highest BCUT2D eigenvalue weighted by molar-refractivity contribution is 5.68. The van der Waals surface area contributed by atoms with Crippen LogP contribution in [-0.2, 0) is 6.42 Å². The van der Waals surface area contributed by atoms with E-state index in [1.54, 1.807) is 6.20 Å². The van der Waals surface area contributed by atoms with Gasteiger partial charge in [0.15, 0.2) is 11.6 Å². The van der Waals surface area contributed by atoms with Crippen molar-refractivity contribution in [3.8, 4) is 11.3 Å². The van der Waals surface area contributed by atoms with Crippen molar-refractivity contribution in [2.45, 2.75) is 19.8 Å². The third kappa shape index (κ3) is 4.31. The van der Waals surface area contributed by atoms with Gasteiger partial charge >= 0.3 is 0 Å². The summed E-state index contributed by atoms with van der Waals surface area (Å²) >= 11 is 0. The molecule has 0 N–H and O–H groups in total. The topological polar surface area (TPSA) is 16.1 Å². The van der Waals surface area contributed by atoms with E-state index in [1.165, 1.54) is 12.5 Å². The van der Waals surface area contributed by atoms with E-state index in [-0.39, 0.29) is 11.1 Å². The van der Waals surface area contributed by atoms with E-state index >= 15 is 0 Å². The van der Waals surface area contributed by atoms with Gasteiger partial charge in [-0.3, -0.25) is 9.88 Å². The molecule has 154 valence electrons. The molecule has 30 heavy (non-hydrogen) atoms. The second kappa shape index (κ2) is 8.84. The van der Waals surface area contributed by atoms with Crippen molar-refractivity contribution in [3.63, 3.8) is 0 Å². The van der Waals surface area contributed by atoms with Crippen LogP contribution in [0.25, 0.3) is 16.8 Å². The Morgan fingerprint density at radius 2 is 1.87 bits per heavy atom. The smallest absolute Gasteiger partial charge is 0.164 e. The maximum absolute atomic E-state index is 14.4. The van der Waals surface area contributed by atoms with E-state index in [4.69, 9.17) is 0 Å². The van der Waals surface area contributed by atoms with E-state index < -0.39 is 17.5 Å². The van der Waals surface area contributed by atoms with Gasteiger partial charge in [0.05, 0.1) is 5.69 Å². The number of hydrogen-bond donors (Lipinski definition) is 0. The first kappa shape index (κ1) is 20.4. The number of aromatic nitrogens is 1. The van der Waals surface area contributed by atoms with Gasteiger partial charge in [0.25, 0.3) is 0 Å². The fraction of sp³-hybridized carbons (Fsp3) is 0.240. The molecule has 0 fully saturated rings. The first-order valence-corrected chi connectivity index (χ1v) is 10.1. The number of nitrogens with zero attached hydrogens (tertiary/aromatic N) is 2. The van der Waals surface area contributed by atoms with Crippen LogP contribution in [-0.4, -0.2) is 29.5 Å². The molecular weight excluding hydrogens is 385 g/mol. The lowest BCUT2D eigenvalue weighted by Crippen LogP contribution is -2.30. The Hall–Kier alpha value is -2.92. The zero-order valence-corrected chi connectivity index (χ0v) is 16.8. The molecule has 0 saturated heterocycles. The number of pyridine rings is 1. The van der Waals surface area contributed by atoms with Gasteiger partial charge in [0, 0.05) is 42.5 Å². The van der Waals surface area contributed by atoms with E-state index in [9.17, 15) is 13.2 Å². The molecule has 0 bridgehead atoms. The summed E-state index contributed by atoms with van der Waals surface area (Å²) < 4.78 is 41.7. The van der Waals surface area contributed by atoms with Crippen LogP contribution in [0.3, 0.4) is 0 Å². The van der Waals surface area contributed by atoms with Gasteiger partial charge in [-0.15, -0.1) is 0 Å². The Morgan fingerprint density at radius 1 is 1.00 bits per heavy atom. The van der Waals surface area contributed by atoms with Gasteiger partial charge in [0.2, 0.25) is 0 Å². The van der Waals surface area contributed by atoms with Gasteiger partial charge in [-0.25, -0.2) is 13.2 Å². The van der Waals surface area contributed by atoms with E-state index in [0.29, 0.717) is 13.0 Å². The third-order valence-corrected chi connectivity index (χ3v) is 5.62. The second-order valence-electron chi connectivity index (χ2n) is 7.60. The average Bonchev–Trinajstić information content (AvgIpc) is 2.80. The Kier molecular flexibility index (Phi) is 6.00. The predicted octanol–water partition coefficient (Wildman–Crippen LogP) is 5.81. The zero-order chi connectivity index (χ0) is 21.1. The summed E-state index contributed by atoms with van der Waals surface area (Å²) in [5.41, 5.74) is 3.93. The molecule has 0 radical (unpaired) electrons. The monoisotopic (exact) mass is 408 g/mol. The van der Waals surface area contributed by atoms with Crippen molar-refractivity contribution in [3.05, 3.63) is 94.9 Å². The third-order valence-electron chi connectivity index (χ3n) is 5.62. The number of halogens is 3. The van der Waals surface area contributed by atoms with E-state index in [0.717, 1.165) is 42.4 Å². The number of hydrogen-bond acceptors (Lipinski definition) is 2. The molecule has 4 rings (SSSR count). The van der Waals surface area contributed by atoms with Crippen LogP contribution in [0.15, 0.2) is 60.8 Å². The Labute approximate surface area is 174 Å². The lowest BCUT2D eigenvalue weighted by Gasteiger charge is -2.27. The molecule has 5 heteroatoms. The molecule has 0 aliphatic carbocycles. The number of benzene rings is 2. The van der Waals surface area contributed by atoms with Crippen LogP contribution < -0.4 is 0 Å². The lowest BCUT2D eigenvalue weighted by molar-refractivity contribution is 0.305. The van der Waals surface area contributed by atoms with Gasteiger partial charge < -0.3 is 0 Å². The van der Waals surface area contributed by atoms with Gasteiger partial charge in [-0.2, -0.15) is 0 Å². The van der Waals surface area contributed by atoms with Crippen molar-refractivity contribution in [1.29, 1.82) is 0 Å². The summed E-state index contributed by atoms with van der Waals surface area (Å²) in [6, 6.07) is 15.2. The van der Waals surface area contributed by atoms with Crippen LogP contribution in [0.1, 0.15) is 23.1 Å². The summed E-state index contributed by atoms with van der Waals surface area (Å²) in [6.45, 7) is 3.55. The molecule has 2 heterocycles. The summed E-state index contributed by atoms with van der Waals surface area (Å²) in [6.07, 6.45) is 5.21. The molecule has 0 spiro atoms. The van der Waals surface area contributed by atoms with Crippen LogP contribution >= 0.6 is 0 Å². The highest BCUT2D eigenvalue weighted by Gasteiger charge is 2.20. The van der Waals surface area contributed by atoms with Crippen molar-refractivity contribution < 1.29 is 13.2 Å². The van der Waals surface area contributed by atoms with Crippen LogP contribution in [0, 0.1) is 24.4 Å². The quantitative estimate of drug-likeness (QED) is 0.496. The van der Waals surface area contributed by atoms with Crippen LogP contribution in [0.4, 0.5) is 13.2 Å². The van der Waals surface area contributed by atoms with Gasteiger partial charge in [0.1, 0.15) is 5.82 Å². The minimum absolute atomic E-state index is 0.175. The van der Waals surface area contributed by atoms with Gasteiger partial charge in [-0.05, 0) is 55.2 Å². The highest BCUT2D eigenvalue weighted by atomic mass is 19.2. The molecule has 0 saturated carbocycles. The molecule has 1 aliphatic rings. The van der Waals surface area contributed by atoms with Crippen molar-refractivity contribution >= 4 is 5.57 Å². The van der Waals surface area contributed by atoms with E-state index in [1.807, 2.05) is 30.3 Å². The fourth-order valence-corrected chi connectivity index (χ4v) is 3.83. The van der Waals surface area contributed by atoms with Crippen molar-refractivity contribution in [2.75, 3.05) is 19.6 Å². The standard InChI is InChI=1S/C25H23F3N2/c1-17-24(27)21(16-22(26)25(17)28)19-9-13-30(14-10-19)12-8-18-5-4-6-20(15-18)23-7-2-3-11-29-23/h2-7,9,11,15-16H,8,10,12-14H2,1H3. The fourth-order valence-electron chi connectivity index (χ4n) is 3.83. The Bertz CT molecular complexity index is 1080. The molecular formula is C25H23F3N2. The zero-order valence-electron chi connectivity index (χ0n) is 16.8. The van der Waals surface area contributed by atoms with Crippen molar-refractivity contribution in [1.82, 2.24) is 9.88 Å². The van der Waals surface area contributed by atoms with Crippen LogP contribution in [0.2, 0.25) is 0 Å². The molecule has 0 atom stereocenters. The minimum atomic E-state index is -1.11. The molecule has 1 aromatic heterocycles. The normalized spacial score (nSPS) is 14.6. The molecule has 0 amide bonds. The summed E-state index contributed by atoms with van der Waals surface area (Å²) in [7, 11) is 0. The highest BCUT2D eigenvalue weighted by Crippen LogP contribution is 2.29. The summed E-state index contributed by atoms with van der Waals surface area (Å²) in [5, 5.41) is 0. The molecule has 3 aromatic rings. The summed E-state index contributed by atoms with van der Waals surface area (Å²) in [4.78, 5) is 6.68. The average molecular weight is 408 g/mol. The lowest BCUT2D eigenvalue weighted by atomic mass is 9.96. The van der Waals surface area contributed by atoms with E-state index in [2.05, 4.69) is 28.1 Å². The SMILES string of the molecule is Cc1c(F)c(F)cc(C2=CCN(CCc3cccc(-c4ccccn4)c3)CC2)c1F. The minimum Gasteiger partial charge on any atom is -0.299 e. The van der Waals surface area contributed by atoms with Gasteiger partial charge in [-0.1, -0.05) is 30.3 Å². The molecule has 2 nitrogen and oxygen atoms in total. The Balaban J connectivity index is 1.41.